The van der Waals surface area contributed by atoms with Crippen molar-refractivity contribution in [1.82, 2.24) is 4.90 Å². The summed E-state index contributed by atoms with van der Waals surface area (Å²) >= 11 is 0. The fourth-order valence-corrected chi connectivity index (χ4v) is 6.47. The monoisotopic (exact) mass is 569 g/mol. The maximum Gasteiger partial charge on any atom is 0.294 e. The van der Waals surface area contributed by atoms with E-state index in [1.165, 1.54) is 29.8 Å². The van der Waals surface area contributed by atoms with Gasteiger partial charge in [0.1, 0.15) is 5.82 Å². The van der Waals surface area contributed by atoms with Crippen molar-refractivity contribution >= 4 is 27.3 Å². The van der Waals surface area contributed by atoms with Crippen LogP contribution in [0.4, 0.5) is 15.8 Å². The van der Waals surface area contributed by atoms with Crippen molar-refractivity contribution in [2.24, 2.45) is 0 Å². The van der Waals surface area contributed by atoms with Gasteiger partial charge in [-0.1, -0.05) is 29.8 Å². The first-order valence-electron chi connectivity index (χ1n) is 15.1. The van der Waals surface area contributed by atoms with Crippen LogP contribution in [0, 0.1) is 12.7 Å². The lowest BCUT2D eigenvalue weighted by Gasteiger charge is -2.41. The lowest BCUT2D eigenvalue weighted by molar-refractivity contribution is 0.0971. The Hall–Kier alpha value is -3.27. The molecule has 0 bridgehead atoms. The number of hydrogen-bond donors (Lipinski definition) is 1. The number of rotatable bonds is 6. The molecule has 7 nitrogen and oxygen atoms in total. The molecule has 0 unspecified atom stereocenters. The first-order chi connectivity index (χ1) is 20.3. The highest BCUT2D eigenvalue weighted by atomic mass is 32.2. The van der Waals surface area contributed by atoms with E-state index in [1.54, 1.807) is 29.2 Å². The van der Waals surface area contributed by atoms with Gasteiger partial charge < -0.3 is 14.7 Å². The van der Waals surface area contributed by atoms with Crippen molar-refractivity contribution < 1.29 is 26.3 Å². The summed E-state index contributed by atoms with van der Waals surface area (Å²) in [6.07, 6.45) is 2.27. The van der Waals surface area contributed by atoms with E-state index in [0.717, 1.165) is 56.0 Å². The van der Waals surface area contributed by atoms with Crippen LogP contribution in [0.1, 0.15) is 50.8 Å². The molecular formula is C31H36FN3O4S. The number of aryl methyl sites for hydroxylation is 1. The van der Waals surface area contributed by atoms with E-state index in [9.17, 15) is 17.6 Å². The Morgan fingerprint density at radius 1 is 1.05 bits per heavy atom. The van der Waals surface area contributed by atoms with Gasteiger partial charge in [-0.2, -0.15) is 8.42 Å². The van der Waals surface area contributed by atoms with Gasteiger partial charge in [-0.3, -0.25) is 9.35 Å². The number of carbonyl (C=O) groups excluding carboxylic acids is 1. The summed E-state index contributed by atoms with van der Waals surface area (Å²) in [4.78, 5) is 18.8. The second-order valence-corrected chi connectivity index (χ2v) is 12.1. The molecular weight excluding hydrogens is 530 g/mol. The molecule has 2 atom stereocenters. The number of halogens is 1. The van der Waals surface area contributed by atoms with Crippen molar-refractivity contribution in [2.75, 3.05) is 49.5 Å². The molecule has 212 valence electrons. The number of anilines is 2. The molecule has 0 aromatic heterocycles. The fraction of sp³-hybridized carbons (Fsp3) is 0.387. The SMILES string of the molecule is Cc1ccc(S(=O)(=O)O)cc1.[2H][13C]([2H])([2H])N1CCN2c3c(cccc31)[C@@H]1CN(CCCC(=O)c3ccc(F)cc3)CC[C@@H]12. The fourth-order valence-electron chi connectivity index (χ4n) is 5.99. The molecule has 3 aliphatic rings. The molecule has 9 heteroatoms. The lowest BCUT2D eigenvalue weighted by Crippen LogP contribution is -2.49. The highest BCUT2D eigenvalue weighted by Gasteiger charge is 2.44. The van der Waals surface area contributed by atoms with Crippen LogP contribution in [-0.2, 0) is 10.1 Å². The molecule has 0 spiro atoms. The van der Waals surface area contributed by atoms with E-state index in [4.69, 9.17) is 8.67 Å². The van der Waals surface area contributed by atoms with E-state index < -0.39 is 17.1 Å². The predicted molar refractivity (Wildman–Crippen MR) is 156 cm³/mol. The average molecular weight is 570 g/mol. The molecule has 0 amide bonds. The number of nitrogens with zero attached hydrogens (tertiary/aromatic N) is 3. The van der Waals surface area contributed by atoms with Crippen molar-refractivity contribution in [1.29, 1.82) is 0 Å². The summed E-state index contributed by atoms with van der Waals surface area (Å²) in [5, 5.41) is 0. The smallest absolute Gasteiger partial charge is 0.294 e. The first-order valence-corrected chi connectivity index (χ1v) is 15.0. The number of hydrogen-bond acceptors (Lipinski definition) is 6. The number of piperidine rings is 1. The zero-order valence-electron chi connectivity index (χ0n) is 25.5. The van der Waals surface area contributed by atoms with E-state index in [2.05, 4.69) is 15.9 Å². The Morgan fingerprint density at radius 2 is 1.80 bits per heavy atom. The molecule has 0 saturated carbocycles. The van der Waals surface area contributed by atoms with Crippen LogP contribution < -0.4 is 9.80 Å². The number of likely N-dealkylation sites (N-methyl/N-ethyl adjacent to an activating group) is 1. The lowest BCUT2D eigenvalue weighted by atomic mass is 9.89. The zero-order chi connectivity index (χ0) is 30.9. The number of carbonyl (C=O) groups is 1. The first kappa shape index (κ1) is 24.5. The van der Waals surface area contributed by atoms with Gasteiger partial charge >= 0.3 is 0 Å². The summed E-state index contributed by atoms with van der Waals surface area (Å²) in [7, 11) is -4.02. The third-order valence-corrected chi connectivity index (χ3v) is 8.88. The maximum atomic E-state index is 13.1. The van der Waals surface area contributed by atoms with Gasteiger partial charge in [-0.15, -0.1) is 0 Å². The van der Waals surface area contributed by atoms with Gasteiger partial charge in [-0.25, -0.2) is 4.39 Å². The van der Waals surface area contributed by atoms with Crippen molar-refractivity contribution in [3.8, 4) is 0 Å². The van der Waals surface area contributed by atoms with E-state index in [1.807, 2.05) is 19.1 Å². The number of likely N-dealkylation sites (tertiary alicyclic amines) is 1. The minimum atomic E-state index is -4.02. The molecule has 3 aromatic rings. The maximum absolute atomic E-state index is 13.1. The van der Waals surface area contributed by atoms with Crippen LogP contribution in [0.5, 0.6) is 0 Å². The Morgan fingerprint density at radius 3 is 2.50 bits per heavy atom. The minimum absolute atomic E-state index is 0.0533. The largest absolute Gasteiger partial charge is 0.371 e. The van der Waals surface area contributed by atoms with Gasteiger partial charge in [0.15, 0.2) is 5.78 Å². The zero-order valence-corrected chi connectivity index (χ0v) is 23.3. The van der Waals surface area contributed by atoms with Crippen LogP contribution in [0.15, 0.2) is 71.6 Å². The van der Waals surface area contributed by atoms with Crippen molar-refractivity contribution in [2.45, 2.75) is 43.0 Å². The summed E-state index contributed by atoms with van der Waals surface area (Å²) in [6, 6.07) is 18.2. The molecule has 1 saturated heterocycles. The van der Waals surface area contributed by atoms with Crippen LogP contribution in [0.3, 0.4) is 0 Å². The number of Topliss-reactive ketones (excluding diaryl/α,β-unsaturated/α-hetero) is 1. The third kappa shape index (κ3) is 6.06. The standard InChI is InChI=1S/C24H28FN3O.C7H8O3S/c1-26-14-15-28-21-11-13-27(16-20(21)19-4-2-5-22(26)24(19)28)12-3-6-23(29)17-7-9-18(25)10-8-17;1-6-2-4-7(5-3-6)11(8,9)10/h2,4-5,7-10,20-21H,3,6,11-16H2,1H3;2-5H,1H3,(H,8,9,10)/t20-,21-;/m0./s1/i1+1D3;. The van der Waals surface area contributed by atoms with Gasteiger partial charge in [0, 0.05) is 61.2 Å². The number of benzene rings is 3. The topological polar surface area (TPSA) is 81.2 Å². The van der Waals surface area contributed by atoms with E-state index >= 15 is 0 Å². The summed E-state index contributed by atoms with van der Waals surface area (Å²) < 4.78 is 66.4. The number of para-hydroxylation sites is 1. The molecule has 3 aromatic carbocycles. The van der Waals surface area contributed by atoms with E-state index in [0.29, 0.717) is 30.5 Å². The van der Waals surface area contributed by atoms with E-state index in [-0.39, 0.29) is 16.5 Å². The molecule has 0 aliphatic carbocycles. The summed E-state index contributed by atoms with van der Waals surface area (Å²) in [5.74, 6) is 0.0880. The van der Waals surface area contributed by atoms with Gasteiger partial charge in [-0.05, 0) is 74.3 Å². The Balaban J connectivity index is 0.000000283. The highest BCUT2D eigenvalue weighted by molar-refractivity contribution is 7.85. The van der Waals surface area contributed by atoms with Crippen LogP contribution in [0.2, 0.25) is 0 Å². The molecule has 6 rings (SSSR count). The van der Waals surface area contributed by atoms with Crippen LogP contribution in [0.25, 0.3) is 0 Å². The molecule has 3 heterocycles. The highest BCUT2D eigenvalue weighted by Crippen LogP contribution is 2.50. The molecule has 1 N–H and O–H groups in total. The molecule has 1 fully saturated rings. The predicted octanol–water partition coefficient (Wildman–Crippen LogP) is 5.16. The van der Waals surface area contributed by atoms with Crippen LogP contribution in [-0.4, -0.2) is 69.4 Å². The minimum Gasteiger partial charge on any atom is -0.371 e. The average Bonchev–Trinajstić information content (AvgIpc) is 3.27. The second-order valence-electron chi connectivity index (χ2n) is 10.6. The normalized spacial score (nSPS) is 21.3. The number of ketones is 1. The number of fused-ring (bicyclic) bond motifs is 3. The third-order valence-electron chi connectivity index (χ3n) is 8.01. The molecule has 3 aliphatic heterocycles. The molecule has 0 radical (unpaired) electrons. The van der Waals surface area contributed by atoms with Gasteiger partial charge in [0.05, 0.1) is 16.3 Å². The Bertz CT molecular complexity index is 1570. The van der Waals surface area contributed by atoms with Crippen molar-refractivity contribution in [3.63, 3.8) is 0 Å². The van der Waals surface area contributed by atoms with Crippen LogP contribution >= 0.6 is 0 Å². The van der Waals surface area contributed by atoms with Gasteiger partial charge in [0.2, 0.25) is 0 Å². The summed E-state index contributed by atoms with van der Waals surface area (Å²) in [5.41, 5.74) is 4.72. The summed E-state index contributed by atoms with van der Waals surface area (Å²) in [6.45, 7) is 3.74. The quantitative estimate of drug-likeness (QED) is 0.250. The molecule has 40 heavy (non-hydrogen) atoms. The Labute approximate surface area is 240 Å². The second kappa shape index (κ2) is 11.7. The Kier molecular flexibility index (Phi) is 7.16. The van der Waals surface area contributed by atoms with Gasteiger partial charge in [0.25, 0.3) is 10.1 Å². The van der Waals surface area contributed by atoms with Crippen molar-refractivity contribution in [3.05, 3.63) is 89.2 Å².